The molecule has 39 heavy (non-hydrogen) atoms. The Kier molecular flexibility index (Phi) is 13.7. The van der Waals surface area contributed by atoms with Gasteiger partial charge in [-0.05, 0) is 73.7 Å². The summed E-state index contributed by atoms with van der Waals surface area (Å²) in [6, 6.07) is 8.92. The Balaban J connectivity index is 0.000000580. The third kappa shape index (κ3) is 10.8. The molecule has 0 fully saturated rings. The van der Waals surface area contributed by atoms with Crippen molar-refractivity contribution in [1.29, 1.82) is 0 Å². The molecule has 2 aromatic carbocycles. The SMILES string of the molecule is CCCC(CCC)NC(=O)c1ccc(CNc2c(Cl)ccc3c2CCNCC3)cc1F.O=C(O)CCC(=O)O. The van der Waals surface area contributed by atoms with Crippen LogP contribution >= 0.6 is 11.6 Å². The van der Waals surface area contributed by atoms with Gasteiger partial charge in [0.05, 0.1) is 29.1 Å². The summed E-state index contributed by atoms with van der Waals surface area (Å²) in [4.78, 5) is 31.8. The van der Waals surface area contributed by atoms with Crippen molar-refractivity contribution in [1.82, 2.24) is 10.6 Å². The van der Waals surface area contributed by atoms with E-state index in [0.717, 1.165) is 62.9 Å². The van der Waals surface area contributed by atoms with Crippen molar-refractivity contribution in [3.8, 4) is 0 Å². The zero-order chi connectivity index (χ0) is 28.8. The Morgan fingerprint density at radius 1 is 1.00 bits per heavy atom. The fraction of sp³-hybridized carbons (Fsp3) is 0.483. The highest BCUT2D eigenvalue weighted by molar-refractivity contribution is 6.33. The molecule has 1 heterocycles. The van der Waals surface area contributed by atoms with Gasteiger partial charge in [0.2, 0.25) is 0 Å². The number of benzene rings is 2. The average Bonchev–Trinajstić information content (AvgIpc) is 3.13. The van der Waals surface area contributed by atoms with E-state index in [2.05, 4.69) is 35.9 Å². The number of amides is 1. The zero-order valence-corrected chi connectivity index (χ0v) is 23.4. The molecule has 0 bridgehead atoms. The van der Waals surface area contributed by atoms with Crippen LogP contribution in [0.2, 0.25) is 5.02 Å². The summed E-state index contributed by atoms with van der Waals surface area (Å²) in [5.74, 6) is -2.99. The van der Waals surface area contributed by atoms with Gasteiger partial charge >= 0.3 is 11.9 Å². The second kappa shape index (κ2) is 16.7. The Morgan fingerprint density at radius 3 is 2.23 bits per heavy atom. The van der Waals surface area contributed by atoms with Gasteiger partial charge in [-0.15, -0.1) is 0 Å². The van der Waals surface area contributed by atoms with Gasteiger partial charge in [0, 0.05) is 12.6 Å². The summed E-state index contributed by atoms with van der Waals surface area (Å²) in [5, 5.41) is 26.3. The standard InChI is InChI=1S/C25H33ClFN3O.C4H6O4/c1-3-5-19(6-4-2)30-25(31)21-9-7-17(15-23(21)27)16-29-24-20-12-14-28-13-11-18(20)8-10-22(24)26;5-3(6)1-2-4(7)8/h7-10,15,19,28-29H,3-6,11-14,16H2,1-2H3,(H,30,31);1-2H2,(H,5,6)(H,7,8). The van der Waals surface area contributed by atoms with E-state index >= 15 is 0 Å². The molecule has 214 valence electrons. The maximum atomic E-state index is 14.7. The molecule has 3 rings (SSSR count). The molecule has 1 aliphatic rings. The van der Waals surface area contributed by atoms with E-state index in [1.165, 1.54) is 17.2 Å². The summed E-state index contributed by atoms with van der Waals surface area (Å²) in [6.45, 7) is 6.49. The third-order valence-corrected chi connectivity index (χ3v) is 6.71. The number of fused-ring (bicyclic) bond motifs is 1. The molecule has 0 atom stereocenters. The van der Waals surface area contributed by atoms with Gasteiger partial charge < -0.3 is 26.2 Å². The first-order valence-electron chi connectivity index (χ1n) is 13.4. The Labute approximate surface area is 234 Å². The number of rotatable bonds is 12. The molecule has 0 aliphatic carbocycles. The van der Waals surface area contributed by atoms with Crippen LogP contribution in [-0.4, -0.2) is 47.2 Å². The van der Waals surface area contributed by atoms with Crippen LogP contribution in [0, 0.1) is 5.82 Å². The van der Waals surface area contributed by atoms with Gasteiger partial charge in [0.1, 0.15) is 5.82 Å². The van der Waals surface area contributed by atoms with Gasteiger partial charge in [-0.1, -0.05) is 50.4 Å². The molecule has 8 nitrogen and oxygen atoms in total. The fourth-order valence-corrected chi connectivity index (χ4v) is 4.68. The van der Waals surface area contributed by atoms with E-state index in [1.54, 1.807) is 12.1 Å². The molecule has 2 aromatic rings. The Morgan fingerprint density at radius 2 is 1.64 bits per heavy atom. The monoisotopic (exact) mass is 563 g/mol. The van der Waals surface area contributed by atoms with Crippen LogP contribution in [-0.2, 0) is 29.0 Å². The predicted octanol–water partition coefficient (Wildman–Crippen LogP) is 5.41. The van der Waals surface area contributed by atoms with Crippen molar-refractivity contribution in [3.05, 3.63) is 63.4 Å². The second-order valence-corrected chi connectivity index (χ2v) is 9.92. The van der Waals surface area contributed by atoms with Crippen LogP contribution < -0.4 is 16.0 Å². The second-order valence-electron chi connectivity index (χ2n) is 9.51. The van der Waals surface area contributed by atoms with Gasteiger partial charge in [0.25, 0.3) is 5.91 Å². The molecule has 0 aromatic heterocycles. The van der Waals surface area contributed by atoms with Crippen LogP contribution in [0.5, 0.6) is 0 Å². The molecule has 0 saturated heterocycles. The lowest BCUT2D eigenvalue weighted by Gasteiger charge is -2.18. The summed E-state index contributed by atoms with van der Waals surface area (Å²) in [6.07, 6.45) is 5.06. The van der Waals surface area contributed by atoms with Gasteiger partial charge in [0.15, 0.2) is 0 Å². The van der Waals surface area contributed by atoms with Crippen LogP contribution in [0.25, 0.3) is 0 Å². The van der Waals surface area contributed by atoms with E-state index in [4.69, 9.17) is 21.8 Å². The molecule has 0 spiro atoms. The van der Waals surface area contributed by atoms with Crippen LogP contribution in [0.4, 0.5) is 10.1 Å². The van der Waals surface area contributed by atoms with Crippen molar-refractivity contribution in [2.24, 2.45) is 0 Å². The van der Waals surface area contributed by atoms with Crippen molar-refractivity contribution in [2.45, 2.75) is 77.8 Å². The number of nitrogens with one attached hydrogen (secondary N) is 3. The number of carbonyl (C=O) groups is 3. The number of carboxylic acid groups (broad SMARTS) is 2. The average molecular weight is 564 g/mol. The quantitative estimate of drug-likeness (QED) is 0.233. The molecule has 0 unspecified atom stereocenters. The summed E-state index contributed by atoms with van der Waals surface area (Å²) in [7, 11) is 0. The van der Waals surface area contributed by atoms with Gasteiger partial charge in [-0.2, -0.15) is 0 Å². The topological polar surface area (TPSA) is 128 Å². The Bertz CT molecular complexity index is 1110. The van der Waals surface area contributed by atoms with Crippen molar-refractivity contribution < 1.29 is 29.0 Å². The van der Waals surface area contributed by atoms with E-state index in [1.807, 2.05) is 6.07 Å². The highest BCUT2D eigenvalue weighted by Gasteiger charge is 2.18. The summed E-state index contributed by atoms with van der Waals surface area (Å²) in [5.41, 5.74) is 4.31. The smallest absolute Gasteiger partial charge is 0.303 e. The lowest BCUT2D eigenvalue weighted by molar-refractivity contribution is -0.143. The highest BCUT2D eigenvalue weighted by Crippen LogP contribution is 2.31. The first-order valence-corrected chi connectivity index (χ1v) is 13.8. The van der Waals surface area contributed by atoms with E-state index < -0.39 is 17.8 Å². The number of hydrogen-bond donors (Lipinski definition) is 5. The minimum atomic E-state index is -1.08. The fourth-order valence-electron chi connectivity index (χ4n) is 4.44. The maximum absolute atomic E-state index is 14.7. The lowest BCUT2D eigenvalue weighted by Crippen LogP contribution is -2.35. The van der Waals surface area contributed by atoms with Gasteiger partial charge in [-0.3, -0.25) is 14.4 Å². The van der Waals surface area contributed by atoms with Crippen molar-refractivity contribution >= 4 is 35.1 Å². The number of carboxylic acids is 2. The molecular formula is C29H39ClFN3O5. The highest BCUT2D eigenvalue weighted by atomic mass is 35.5. The number of carbonyl (C=O) groups excluding carboxylic acids is 1. The summed E-state index contributed by atoms with van der Waals surface area (Å²) >= 11 is 6.47. The molecule has 1 amide bonds. The normalized spacial score (nSPS) is 12.5. The molecule has 0 radical (unpaired) electrons. The number of aliphatic carboxylic acids is 2. The third-order valence-electron chi connectivity index (χ3n) is 6.39. The number of hydrogen-bond acceptors (Lipinski definition) is 5. The van der Waals surface area contributed by atoms with Crippen molar-refractivity contribution in [2.75, 3.05) is 18.4 Å². The first-order chi connectivity index (χ1) is 18.7. The largest absolute Gasteiger partial charge is 0.481 e. The zero-order valence-electron chi connectivity index (χ0n) is 22.6. The van der Waals surface area contributed by atoms with E-state index in [0.29, 0.717) is 11.6 Å². The van der Waals surface area contributed by atoms with E-state index in [-0.39, 0.29) is 30.4 Å². The van der Waals surface area contributed by atoms with Crippen molar-refractivity contribution in [3.63, 3.8) is 0 Å². The number of halogens is 2. The first kappa shape index (κ1) is 32.0. The van der Waals surface area contributed by atoms with Crippen LogP contribution in [0.1, 0.15) is 79.4 Å². The van der Waals surface area contributed by atoms with Crippen LogP contribution in [0.15, 0.2) is 30.3 Å². The molecule has 10 heteroatoms. The molecular weight excluding hydrogens is 525 g/mol. The van der Waals surface area contributed by atoms with Crippen LogP contribution in [0.3, 0.4) is 0 Å². The minimum Gasteiger partial charge on any atom is -0.481 e. The van der Waals surface area contributed by atoms with E-state index in [9.17, 15) is 18.8 Å². The van der Waals surface area contributed by atoms with Gasteiger partial charge in [-0.25, -0.2) is 4.39 Å². The summed E-state index contributed by atoms with van der Waals surface area (Å²) < 4.78 is 14.7. The Hall–Kier alpha value is -3.17. The number of anilines is 1. The maximum Gasteiger partial charge on any atom is 0.303 e. The predicted molar refractivity (Wildman–Crippen MR) is 151 cm³/mol. The molecule has 0 saturated carbocycles. The lowest BCUT2D eigenvalue weighted by atomic mass is 10.0. The molecule has 5 N–H and O–H groups in total. The molecule has 1 aliphatic heterocycles. The minimum absolute atomic E-state index is 0.0909.